The van der Waals surface area contributed by atoms with E-state index in [1.165, 1.54) is 22.9 Å². The first kappa shape index (κ1) is 13.6. The summed E-state index contributed by atoms with van der Waals surface area (Å²) in [6.07, 6.45) is 3.03. The molecule has 1 fully saturated rings. The van der Waals surface area contributed by atoms with Crippen molar-refractivity contribution < 1.29 is 9.90 Å². The number of hydrogen-bond acceptors (Lipinski definition) is 4. The molecule has 0 atom stereocenters. The van der Waals surface area contributed by atoms with Crippen molar-refractivity contribution in [1.29, 1.82) is 0 Å². The van der Waals surface area contributed by atoms with Crippen LogP contribution < -0.4 is 11.3 Å². The molecule has 6 nitrogen and oxygen atoms in total. The van der Waals surface area contributed by atoms with E-state index >= 15 is 0 Å². The lowest BCUT2D eigenvalue weighted by Crippen LogP contribution is -2.64. The van der Waals surface area contributed by atoms with Gasteiger partial charge in [-0.25, -0.2) is 0 Å². The number of pyridine rings is 1. The van der Waals surface area contributed by atoms with E-state index in [0.29, 0.717) is 25.2 Å². The van der Waals surface area contributed by atoms with Crippen molar-refractivity contribution in [3.05, 3.63) is 28.7 Å². The molecule has 1 aliphatic heterocycles. The first-order valence-corrected chi connectivity index (χ1v) is 6.40. The maximum Gasteiger partial charge on any atom is 0.251 e. The van der Waals surface area contributed by atoms with Crippen LogP contribution in [-0.4, -0.2) is 39.2 Å². The van der Waals surface area contributed by atoms with Crippen molar-refractivity contribution in [2.24, 2.45) is 0 Å². The molecule has 0 saturated carbocycles. The second-order valence-electron chi connectivity index (χ2n) is 5.15. The predicted octanol–water partition coefficient (Wildman–Crippen LogP) is -0.196. The number of aliphatic hydroxyl groups is 1. The van der Waals surface area contributed by atoms with Gasteiger partial charge in [0.25, 0.3) is 5.56 Å². The number of anilines is 1. The number of hydrogen-bond donors (Lipinski definition) is 2. The Bertz CT molecular complexity index is 532. The van der Waals surface area contributed by atoms with E-state index < -0.39 is 5.60 Å². The van der Waals surface area contributed by atoms with Crippen LogP contribution in [0.1, 0.15) is 19.8 Å². The second-order valence-corrected chi connectivity index (χ2v) is 5.15. The molecule has 3 N–H and O–H groups in total. The number of carbonyl (C=O) groups is 1. The van der Waals surface area contributed by atoms with E-state index in [-0.39, 0.29) is 18.0 Å². The Morgan fingerprint density at radius 2 is 2.16 bits per heavy atom. The van der Waals surface area contributed by atoms with Gasteiger partial charge in [0.1, 0.15) is 6.54 Å². The number of nitrogens with zero attached hydrogens (tertiary/aromatic N) is 2. The second kappa shape index (κ2) is 5.05. The Morgan fingerprint density at radius 1 is 1.47 bits per heavy atom. The van der Waals surface area contributed by atoms with Crippen LogP contribution in [-0.2, 0) is 11.3 Å². The van der Waals surface area contributed by atoms with Gasteiger partial charge in [0.2, 0.25) is 5.91 Å². The van der Waals surface area contributed by atoms with Gasteiger partial charge in [-0.05, 0) is 12.5 Å². The highest BCUT2D eigenvalue weighted by molar-refractivity contribution is 5.77. The molecule has 1 aliphatic rings. The molecule has 0 bridgehead atoms. The fourth-order valence-electron chi connectivity index (χ4n) is 2.38. The van der Waals surface area contributed by atoms with Crippen molar-refractivity contribution >= 4 is 11.6 Å². The molecule has 1 aromatic rings. The molecule has 1 amide bonds. The zero-order valence-corrected chi connectivity index (χ0v) is 11.0. The minimum absolute atomic E-state index is 0.0356. The number of carbonyl (C=O) groups excluding carboxylic acids is 1. The van der Waals surface area contributed by atoms with Crippen LogP contribution in [0.3, 0.4) is 0 Å². The van der Waals surface area contributed by atoms with Gasteiger partial charge in [-0.2, -0.15) is 0 Å². The molecule has 0 spiro atoms. The summed E-state index contributed by atoms with van der Waals surface area (Å²) in [4.78, 5) is 25.1. The quantitative estimate of drug-likeness (QED) is 0.789. The topological polar surface area (TPSA) is 88.6 Å². The molecule has 19 heavy (non-hydrogen) atoms. The zero-order valence-electron chi connectivity index (χ0n) is 11.0. The van der Waals surface area contributed by atoms with Crippen LogP contribution in [0.5, 0.6) is 0 Å². The molecule has 2 heterocycles. The third-order valence-electron chi connectivity index (χ3n) is 3.35. The fraction of sp³-hybridized carbons (Fsp3) is 0.538. The number of aromatic nitrogens is 1. The van der Waals surface area contributed by atoms with Gasteiger partial charge in [-0.3, -0.25) is 9.59 Å². The highest BCUT2D eigenvalue weighted by Crippen LogP contribution is 2.25. The summed E-state index contributed by atoms with van der Waals surface area (Å²) in [5.41, 5.74) is 5.02. The van der Waals surface area contributed by atoms with Crippen molar-refractivity contribution in [2.75, 3.05) is 18.8 Å². The summed E-state index contributed by atoms with van der Waals surface area (Å²) in [6, 6.07) is 2.85. The molecule has 1 saturated heterocycles. The Kier molecular flexibility index (Phi) is 3.61. The molecule has 0 unspecified atom stereocenters. The van der Waals surface area contributed by atoms with Gasteiger partial charge < -0.3 is 20.3 Å². The van der Waals surface area contributed by atoms with Crippen LogP contribution >= 0.6 is 0 Å². The standard InChI is InChI=1S/C13H19N3O3/c1-2-5-13(19)8-16(9-13)12(18)7-15-6-10(14)3-4-11(15)17/h3-4,6,19H,2,5,7-9,14H2,1H3. The third kappa shape index (κ3) is 2.96. The summed E-state index contributed by atoms with van der Waals surface area (Å²) < 4.78 is 1.29. The average Bonchev–Trinajstić information content (AvgIpc) is 2.31. The summed E-state index contributed by atoms with van der Waals surface area (Å²) in [7, 11) is 0. The lowest BCUT2D eigenvalue weighted by atomic mass is 9.89. The van der Waals surface area contributed by atoms with E-state index in [2.05, 4.69) is 0 Å². The lowest BCUT2D eigenvalue weighted by Gasteiger charge is -2.46. The van der Waals surface area contributed by atoms with Crippen LogP contribution in [0.15, 0.2) is 23.1 Å². The highest BCUT2D eigenvalue weighted by Gasteiger charge is 2.42. The van der Waals surface area contributed by atoms with Gasteiger partial charge in [0, 0.05) is 18.0 Å². The molecule has 0 aromatic carbocycles. The molecular formula is C13H19N3O3. The van der Waals surface area contributed by atoms with E-state index in [9.17, 15) is 14.7 Å². The molecule has 0 radical (unpaired) electrons. The summed E-state index contributed by atoms with van der Waals surface area (Å²) in [5.74, 6) is -0.173. The van der Waals surface area contributed by atoms with Gasteiger partial charge in [-0.15, -0.1) is 0 Å². The largest absolute Gasteiger partial charge is 0.398 e. The summed E-state index contributed by atoms with van der Waals surface area (Å²) in [6.45, 7) is 2.65. The summed E-state index contributed by atoms with van der Waals surface area (Å²) in [5, 5.41) is 10.0. The van der Waals surface area contributed by atoms with E-state index in [0.717, 1.165) is 6.42 Å². The fourth-order valence-corrected chi connectivity index (χ4v) is 2.38. The molecular weight excluding hydrogens is 246 g/mol. The van der Waals surface area contributed by atoms with E-state index in [1.807, 2.05) is 6.92 Å². The van der Waals surface area contributed by atoms with Crippen molar-refractivity contribution in [2.45, 2.75) is 31.9 Å². The Morgan fingerprint density at radius 3 is 2.79 bits per heavy atom. The average molecular weight is 265 g/mol. The van der Waals surface area contributed by atoms with Gasteiger partial charge >= 0.3 is 0 Å². The molecule has 0 aliphatic carbocycles. The maximum absolute atomic E-state index is 12.0. The maximum atomic E-state index is 12.0. The monoisotopic (exact) mass is 265 g/mol. The Hall–Kier alpha value is -1.82. The van der Waals surface area contributed by atoms with Crippen LogP contribution in [0.4, 0.5) is 5.69 Å². The zero-order chi connectivity index (χ0) is 14.0. The SMILES string of the molecule is CCCC1(O)CN(C(=O)Cn2cc(N)ccc2=O)C1. The van der Waals surface area contributed by atoms with Crippen LogP contribution in [0, 0.1) is 0 Å². The van der Waals surface area contributed by atoms with Gasteiger partial charge in [0.15, 0.2) is 0 Å². The lowest BCUT2D eigenvalue weighted by molar-refractivity contribution is -0.157. The smallest absolute Gasteiger partial charge is 0.251 e. The Balaban J connectivity index is 1.96. The van der Waals surface area contributed by atoms with Crippen LogP contribution in [0.2, 0.25) is 0 Å². The molecule has 2 rings (SSSR count). The van der Waals surface area contributed by atoms with Crippen molar-refractivity contribution in [3.8, 4) is 0 Å². The minimum atomic E-state index is -0.745. The van der Waals surface area contributed by atoms with Crippen LogP contribution in [0.25, 0.3) is 0 Å². The third-order valence-corrected chi connectivity index (χ3v) is 3.35. The molecule has 6 heteroatoms. The first-order valence-electron chi connectivity index (χ1n) is 6.40. The number of β-amino-alcohol motifs (C(OH)–C–C–N with tert-alkyl or cyclic N) is 1. The van der Waals surface area contributed by atoms with Gasteiger partial charge in [-0.1, -0.05) is 13.3 Å². The van der Waals surface area contributed by atoms with Crippen molar-refractivity contribution in [1.82, 2.24) is 9.47 Å². The van der Waals surface area contributed by atoms with E-state index in [4.69, 9.17) is 5.73 Å². The Labute approximate surface area is 111 Å². The normalized spacial score (nSPS) is 17.1. The minimum Gasteiger partial charge on any atom is -0.398 e. The number of nitrogen functional groups attached to an aromatic ring is 1. The van der Waals surface area contributed by atoms with Gasteiger partial charge in [0.05, 0.1) is 18.7 Å². The van der Waals surface area contributed by atoms with E-state index in [1.54, 1.807) is 4.90 Å². The first-order chi connectivity index (χ1) is 8.93. The highest BCUT2D eigenvalue weighted by atomic mass is 16.3. The van der Waals surface area contributed by atoms with Crippen molar-refractivity contribution in [3.63, 3.8) is 0 Å². The molecule has 1 aromatic heterocycles. The molecule has 104 valence electrons. The number of nitrogens with two attached hydrogens (primary N) is 1. The number of amides is 1. The predicted molar refractivity (Wildman–Crippen MR) is 71.6 cm³/mol. The number of likely N-dealkylation sites (tertiary alicyclic amines) is 1. The summed E-state index contributed by atoms with van der Waals surface area (Å²) >= 11 is 0. The number of rotatable bonds is 4.